The first-order valence-corrected chi connectivity index (χ1v) is 3.18. The number of phosphoric acid groups is 1. The van der Waals surface area contributed by atoms with Crippen molar-refractivity contribution >= 4 is 36.8 Å². The maximum Gasteiger partial charge on any atom is 0.466 e. The van der Waals surface area contributed by atoms with Crippen LogP contribution in [0.3, 0.4) is 0 Å². The van der Waals surface area contributed by atoms with E-state index in [4.69, 9.17) is 24.7 Å². The molecule has 10 N–H and O–H groups in total. The molecule has 0 amide bonds. The molecule has 0 aromatic heterocycles. The smallest absolute Gasteiger partial charge is 0.412 e. The molecule has 0 aliphatic heterocycles. The number of guanidine groups is 1. The van der Waals surface area contributed by atoms with Gasteiger partial charge >= 0.3 is 30.9 Å². The second-order valence-corrected chi connectivity index (χ2v) is 2.00. The Morgan fingerprint density at radius 3 is 1.27 bits per heavy atom. The summed E-state index contributed by atoms with van der Waals surface area (Å²) in [5, 5.41) is 6.06. The quantitative estimate of drug-likeness (QED) is 0.101. The van der Waals surface area contributed by atoms with Gasteiger partial charge in [0.05, 0.1) is 0 Å². The molecule has 0 aliphatic carbocycles. The summed E-state index contributed by atoms with van der Waals surface area (Å²) >= 11 is 0. The number of rotatable bonds is 0. The molecule has 0 spiro atoms. The maximum atomic E-state index is 8.88. The van der Waals surface area contributed by atoms with Gasteiger partial charge in [-0.2, -0.15) is 0 Å². The SMILES string of the molecule is N=C(N)N.O.O=P(O)(O)O.[MgH2]. The molecule has 0 bridgehead atoms. The molecule has 0 saturated heterocycles. The fourth-order valence-electron chi connectivity index (χ4n) is 0. The summed E-state index contributed by atoms with van der Waals surface area (Å²) < 4.78 is 8.88. The normalized spacial score (nSPS) is 7.55. The standard InChI is InChI=1S/CH5N3.Mg.H3O4P.H2O.2H/c2-1(3)4;;1-5(2,3)4;;;/h(H5,2,3,4);;(H3,1,2,3,4);1H2;;. The number of nitrogens with two attached hydrogens (primary N) is 2. The summed E-state index contributed by atoms with van der Waals surface area (Å²) in [6, 6.07) is 0. The van der Waals surface area contributed by atoms with Crippen molar-refractivity contribution in [1.29, 1.82) is 5.41 Å². The van der Waals surface area contributed by atoms with Gasteiger partial charge in [0, 0.05) is 0 Å². The van der Waals surface area contributed by atoms with Gasteiger partial charge in [-0.05, 0) is 0 Å². The zero-order chi connectivity index (χ0) is 8.08. The number of hydrogen-bond donors (Lipinski definition) is 6. The van der Waals surface area contributed by atoms with Crippen LogP contribution in [-0.2, 0) is 4.57 Å². The Balaban J connectivity index is -0.0000000383. The third kappa shape index (κ3) is 58800. The highest BCUT2D eigenvalue weighted by atomic mass is 31.2. The van der Waals surface area contributed by atoms with Crippen LogP contribution >= 0.6 is 7.82 Å². The van der Waals surface area contributed by atoms with E-state index in [2.05, 4.69) is 11.5 Å². The van der Waals surface area contributed by atoms with E-state index in [1.165, 1.54) is 0 Å². The van der Waals surface area contributed by atoms with Gasteiger partial charge in [-0.3, -0.25) is 5.41 Å². The highest BCUT2D eigenvalue weighted by molar-refractivity contribution is 7.45. The van der Waals surface area contributed by atoms with Gasteiger partial charge in [-0.15, -0.1) is 0 Å². The van der Waals surface area contributed by atoms with Gasteiger partial charge in [0.15, 0.2) is 5.96 Å². The molecule has 0 rings (SSSR count). The van der Waals surface area contributed by atoms with Crippen molar-refractivity contribution in [1.82, 2.24) is 0 Å². The van der Waals surface area contributed by atoms with Crippen LogP contribution < -0.4 is 11.5 Å². The van der Waals surface area contributed by atoms with Crippen LogP contribution in [0.4, 0.5) is 0 Å². The summed E-state index contributed by atoms with van der Waals surface area (Å²) in [7, 11) is -4.64. The van der Waals surface area contributed by atoms with Crippen LogP contribution in [-0.4, -0.2) is 49.2 Å². The second-order valence-electron chi connectivity index (χ2n) is 0.969. The number of nitrogens with one attached hydrogen (secondary N) is 1. The van der Waals surface area contributed by atoms with Crippen molar-refractivity contribution in [2.24, 2.45) is 11.5 Å². The minimum absolute atomic E-state index is 0. The van der Waals surface area contributed by atoms with Crippen LogP contribution in [0.25, 0.3) is 0 Å². The van der Waals surface area contributed by atoms with Gasteiger partial charge < -0.3 is 31.6 Å². The van der Waals surface area contributed by atoms with Crippen molar-refractivity contribution in [3.63, 3.8) is 0 Å². The molecule has 0 heterocycles. The Bertz CT molecular complexity index is 121. The lowest BCUT2D eigenvalue weighted by Crippen LogP contribution is -2.20. The van der Waals surface area contributed by atoms with E-state index in [1.807, 2.05) is 0 Å². The van der Waals surface area contributed by atoms with E-state index in [0.29, 0.717) is 0 Å². The van der Waals surface area contributed by atoms with Gasteiger partial charge in [0.2, 0.25) is 0 Å². The summed E-state index contributed by atoms with van der Waals surface area (Å²) in [6.07, 6.45) is 0. The van der Waals surface area contributed by atoms with E-state index in [0.717, 1.165) is 0 Å². The molecule has 0 saturated carbocycles. The first-order chi connectivity index (χ1) is 3.73. The predicted octanol–water partition coefficient (Wildman–Crippen LogP) is -3.83. The average Bonchev–Trinajstić information content (AvgIpc) is 1.19. The van der Waals surface area contributed by atoms with Crippen molar-refractivity contribution in [2.75, 3.05) is 0 Å². The van der Waals surface area contributed by atoms with Gasteiger partial charge in [0.1, 0.15) is 0 Å². The highest BCUT2D eigenvalue weighted by Crippen LogP contribution is 2.25. The molecule has 0 aromatic carbocycles. The van der Waals surface area contributed by atoms with Gasteiger partial charge in [-0.25, -0.2) is 4.57 Å². The molecule has 0 aliphatic rings. The van der Waals surface area contributed by atoms with Crippen molar-refractivity contribution in [2.45, 2.75) is 0 Å². The molecule has 0 radical (unpaired) electrons. The Labute approximate surface area is 78.8 Å². The maximum absolute atomic E-state index is 8.88. The van der Waals surface area contributed by atoms with Crippen LogP contribution in [0.1, 0.15) is 0 Å². The molecular formula is CH12MgN3O5P. The van der Waals surface area contributed by atoms with Crippen LogP contribution in [0.15, 0.2) is 0 Å². The first-order valence-electron chi connectivity index (χ1n) is 1.61. The minimum atomic E-state index is -4.64. The van der Waals surface area contributed by atoms with Gasteiger partial charge in [-0.1, -0.05) is 0 Å². The molecule has 0 unspecified atom stereocenters. The molecule has 0 aromatic rings. The zero-order valence-electron chi connectivity index (χ0n) is 4.85. The molecule has 11 heavy (non-hydrogen) atoms. The van der Waals surface area contributed by atoms with E-state index in [1.54, 1.807) is 0 Å². The second kappa shape index (κ2) is 10.1. The average molecular weight is 201 g/mol. The topological polar surface area (TPSA) is 185 Å². The Morgan fingerprint density at radius 1 is 1.27 bits per heavy atom. The summed E-state index contributed by atoms with van der Waals surface area (Å²) in [5.41, 5.74) is 8.94. The minimum Gasteiger partial charge on any atom is -0.412 e. The van der Waals surface area contributed by atoms with Crippen molar-refractivity contribution in [3.8, 4) is 0 Å². The summed E-state index contributed by atoms with van der Waals surface area (Å²) in [5.74, 6) is -0.333. The van der Waals surface area contributed by atoms with Crippen LogP contribution in [0.2, 0.25) is 0 Å². The third-order valence-electron chi connectivity index (χ3n) is 0. The van der Waals surface area contributed by atoms with Gasteiger partial charge in [0.25, 0.3) is 0 Å². The number of hydrogen-bond acceptors (Lipinski definition) is 2. The molecule has 8 nitrogen and oxygen atoms in total. The van der Waals surface area contributed by atoms with E-state index < -0.39 is 7.82 Å². The lowest BCUT2D eigenvalue weighted by Gasteiger charge is -1.82. The fourth-order valence-corrected chi connectivity index (χ4v) is 0. The Kier molecular flexibility index (Phi) is 20.6. The highest BCUT2D eigenvalue weighted by Gasteiger charge is 2.00. The lowest BCUT2D eigenvalue weighted by atomic mass is 11.1. The molecule has 68 valence electrons. The lowest BCUT2D eigenvalue weighted by molar-refractivity contribution is 0.275. The summed E-state index contributed by atoms with van der Waals surface area (Å²) in [6.45, 7) is 0. The summed E-state index contributed by atoms with van der Waals surface area (Å²) in [4.78, 5) is 21.6. The predicted molar refractivity (Wildman–Crippen MR) is 42.5 cm³/mol. The first kappa shape index (κ1) is 22.5. The van der Waals surface area contributed by atoms with Crippen molar-refractivity contribution < 1.29 is 24.7 Å². The van der Waals surface area contributed by atoms with Crippen molar-refractivity contribution in [3.05, 3.63) is 0 Å². The van der Waals surface area contributed by atoms with Crippen LogP contribution in [0.5, 0.6) is 0 Å². The van der Waals surface area contributed by atoms with Crippen LogP contribution in [0, 0.1) is 5.41 Å². The van der Waals surface area contributed by atoms with E-state index in [9.17, 15) is 0 Å². The van der Waals surface area contributed by atoms with E-state index >= 15 is 0 Å². The van der Waals surface area contributed by atoms with E-state index in [-0.39, 0.29) is 34.5 Å². The monoisotopic (exact) mass is 201 g/mol. The molecule has 0 atom stereocenters. The molecule has 10 heteroatoms. The Morgan fingerprint density at radius 2 is 1.27 bits per heavy atom. The molecular weight excluding hydrogens is 189 g/mol. The largest absolute Gasteiger partial charge is 0.466 e. The zero-order valence-corrected chi connectivity index (χ0v) is 5.75. The third-order valence-corrected chi connectivity index (χ3v) is 0. The Hall–Kier alpha value is 0.106. The fraction of sp³-hybridized carbons (Fsp3) is 0. The molecule has 0 fully saturated rings.